The molecule has 1 atom stereocenters. The van der Waals surface area contributed by atoms with E-state index in [0.717, 1.165) is 5.75 Å². The van der Waals surface area contributed by atoms with Gasteiger partial charge in [-0.3, -0.25) is 4.79 Å². The molecule has 0 spiro atoms. The summed E-state index contributed by atoms with van der Waals surface area (Å²) in [6.45, 7) is 6.88. The van der Waals surface area contributed by atoms with E-state index in [0.29, 0.717) is 19.0 Å². The lowest BCUT2D eigenvalue weighted by Crippen LogP contribution is -2.38. The van der Waals surface area contributed by atoms with Gasteiger partial charge in [-0.2, -0.15) is 0 Å². The highest BCUT2D eigenvalue weighted by molar-refractivity contribution is 5.80. The molecule has 4 heteroatoms. The van der Waals surface area contributed by atoms with Crippen molar-refractivity contribution in [3.05, 3.63) is 29.8 Å². The van der Waals surface area contributed by atoms with Gasteiger partial charge in [0.2, 0.25) is 0 Å². The van der Waals surface area contributed by atoms with Gasteiger partial charge in [0.05, 0.1) is 0 Å². The molecular weight excluding hydrogens is 228 g/mol. The maximum Gasteiger partial charge on any atom is 0.260 e. The van der Waals surface area contributed by atoms with Crippen LogP contribution in [0.1, 0.15) is 32.3 Å². The van der Waals surface area contributed by atoms with Crippen LogP contribution in [0.15, 0.2) is 24.3 Å². The Labute approximate surface area is 109 Å². The zero-order chi connectivity index (χ0) is 13.5. The van der Waals surface area contributed by atoms with E-state index in [1.165, 1.54) is 5.56 Å². The van der Waals surface area contributed by atoms with Gasteiger partial charge in [-0.1, -0.05) is 26.0 Å². The van der Waals surface area contributed by atoms with Gasteiger partial charge < -0.3 is 15.8 Å². The number of amides is 1. The predicted molar refractivity (Wildman–Crippen MR) is 72.7 cm³/mol. The molecule has 0 aliphatic rings. The second-order valence-corrected chi connectivity index (χ2v) is 4.57. The third-order valence-electron chi connectivity index (χ3n) is 2.65. The SMILES string of the molecule is CC(Oc1cccc(C(C)C)c1)C(=O)NCCN. The standard InChI is InChI=1S/C14H22N2O2/c1-10(2)12-5-4-6-13(9-12)18-11(3)14(17)16-8-7-15/h4-6,9-11H,7-8,15H2,1-3H3,(H,16,17). The van der Waals surface area contributed by atoms with E-state index in [-0.39, 0.29) is 5.91 Å². The highest BCUT2D eigenvalue weighted by atomic mass is 16.5. The number of ether oxygens (including phenoxy) is 1. The molecule has 0 radical (unpaired) electrons. The van der Waals surface area contributed by atoms with Crippen molar-refractivity contribution >= 4 is 5.91 Å². The van der Waals surface area contributed by atoms with Crippen LogP contribution in [0.3, 0.4) is 0 Å². The molecule has 0 aromatic heterocycles. The maximum absolute atomic E-state index is 11.6. The number of hydrogen-bond acceptors (Lipinski definition) is 3. The Kier molecular flexibility index (Phi) is 5.65. The van der Waals surface area contributed by atoms with Crippen LogP contribution in [0.5, 0.6) is 5.75 Å². The minimum Gasteiger partial charge on any atom is -0.481 e. The minimum absolute atomic E-state index is 0.143. The normalized spacial score (nSPS) is 12.3. The lowest BCUT2D eigenvalue weighted by molar-refractivity contribution is -0.127. The second-order valence-electron chi connectivity index (χ2n) is 4.57. The highest BCUT2D eigenvalue weighted by Gasteiger charge is 2.14. The van der Waals surface area contributed by atoms with Crippen LogP contribution in [0.25, 0.3) is 0 Å². The molecule has 1 rings (SSSR count). The molecule has 0 bridgehead atoms. The number of rotatable bonds is 6. The predicted octanol–water partition coefficient (Wildman–Crippen LogP) is 1.65. The lowest BCUT2D eigenvalue weighted by atomic mass is 10.0. The smallest absolute Gasteiger partial charge is 0.260 e. The van der Waals surface area contributed by atoms with Crippen LogP contribution in [-0.4, -0.2) is 25.1 Å². The van der Waals surface area contributed by atoms with E-state index in [9.17, 15) is 4.79 Å². The fourth-order valence-electron chi connectivity index (χ4n) is 1.54. The Morgan fingerprint density at radius 2 is 2.11 bits per heavy atom. The van der Waals surface area contributed by atoms with Crippen LogP contribution < -0.4 is 15.8 Å². The van der Waals surface area contributed by atoms with Gasteiger partial charge in [0.25, 0.3) is 5.91 Å². The third-order valence-corrected chi connectivity index (χ3v) is 2.65. The quantitative estimate of drug-likeness (QED) is 0.807. The second kappa shape index (κ2) is 7.01. The minimum atomic E-state index is -0.515. The van der Waals surface area contributed by atoms with E-state index in [1.807, 2.05) is 18.2 Å². The summed E-state index contributed by atoms with van der Waals surface area (Å²) in [7, 11) is 0. The van der Waals surface area contributed by atoms with Crippen LogP contribution in [0.4, 0.5) is 0 Å². The lowest BCUT2D eigenvalue weighted by Gasteiger charge is -2.15. The molecule has 1 unspecified atom stereocenters. The van der Waals surface area contributed by atoms with Crippen molar-refractivity contribution in [1.29, 1.82) is 0 Å². The zero-order valence-corrected chi connectivity index (χ0v) is 11.3. The van der Waals surface area contributed by atoms with Crippen LogP contribution >= 0.6 is 0 Å². The topological polar surface area (TPSA) is 64.3 Å². The maximum atomic E-state index is 11.6. The van der Waals surface area contributed by atoms with Crippen molar-refractivity contribution in [2.24, 2.45) is 5.73 Å². The van der Waals surface area contributed by atoms with Gasteiger partial charge >= 0.3 is 0 Å². The van der Waals surface area contributed by atoms with Crippen molar-refractivity contribution in [2.45, 2.75) is 32.8 Å². The fraction of sp³-hybridized carbons (Fsp3) is 0.500. The molecule has 1 amide bonds. The Balaban J connectivity index is 2.61. The van der Waals surface area contributed by atoms with Gasteiger partial charge in [-0.15, -0.1) is 0 Å². The molecule has 0 saturated carbocycles. The summed E-state index contributed by atoms with van der Waals surface area (Å²) in [4.78, 5) is 11.6. The van der Waals surface area contributed by atoms with E-state index in [4.69, 9.17) is 10.5 Å². The summed E-state index contributed by atoms with van der Waals surface area (Å²) in [5.74, 6) is 1.02. The van der Waals surface area contributed by atoms with E-state index < -0.39 is 6.10 Å². The summed E-state index contributed by atoms with van der Waals surface area (Å²) < 4.78 is 5.61. The number of carbonyl (C=O) groups is 1. The number of nitrogens with one attached hydrogen (secondary N) is 1. The Hall–Kier alpha value is -1.55. The summed E-state index contributed by atoms with van der Waals surface area (Å²) in [5, 5.41) is 2.70. The molecule has 4 nitrogen and oxygen atoms in total. The fourth-order valence-corrected chi connectivity index (χ4v) is 1.54. The average molecular weight is 250 g/mol. The average Bonchev–Trinajstić information content (AvgIpc) is 2.36. The van der Waals surface area contributed by atoms with Crippen LogP contribution in [0.2, 0.25) is 0 Å². The first-order valence-corrected chi connectivity index (χ1v) is 6.29. The highest BCUT2D eigenvalue weighted by Crippen LogP contribution is 2.20. The van der Waals surface area contributed by atoms with Crippen molar-refractivity contribution in [1.82, 2.24) is 5.32 Å². The van der Waals surface area contributed by atoms with Gasteiger partial charge in [0.1, 0.15) is 5.75 Å². The summed E-state index contributed by atoms with van der Waals surface area (Å²) in [6, 6.07) is 7.82. The first kappa shape index (κ1) is 14.5. The van der Waals surface area contributed by atoms with Gasteiger partial charge in [0.15, 0.2) is 6.10 Å². The molecule has 0 heterocycles. The number of hydrogen-bond donors (Lipinski definition) is 2. The van der Waals surface area contributed by atoms with Crippen molar-refractivity contribution < 1.29 is 9.53 Å². The molecule has 3 N–H and O–H groups in total. The van der Waals surface area contributed by atoms with E-state index >= 15 is 0 Å². The molecule has 1 aromatic carbocycles. The number of nitrogens with two attached hydrogens (primary N) is 1. The molecule has 0 aliphatic heterocycles. The van der Waals surface area contributed by atoms with Crippen molar-refractivity contribution in [3.8, 4) is 5.75 Å². The Morgan fingerprint density at radius 1 is 1.39 bits per heavy atom. The van der Waals surface area contributed by atoms with E-state index in [2.05, 4.69) is 25.2 Å². The van der Waals surface area contributed by atoms with E-state index in [1.54, 1.807) is 6.92 Å². The summed E-state index contributed by atoms with van der Waals surface area (Å²) in [5.41, 5.74) is 6.52. The molecule has 1 aromatic rings. The first-order chi connectivity index (χ1) is 8.54. The Morgan fingerprint density at radius 3 is 2.72 bits per heavy atom. The molecule has 0 fully saturated rings. The molecule has 0 aliphatic carbocycles. The molecular formula is C14H22N2O2. The largest absolute Gasteiger partial charge is 0.481 e. The monoisotopic (exact) mass is 250 g/mol. The molecule has 0 saturated heterocycles. The molecule has 100 valence electrons. The van der Waals surface area contributed by atoms with Gasteiger partial charge in [-0.05, 0) is 30.5 Å². The summed E-state index contributed by atoms with van der Waals surface area (Å²) in [6.07, 6.45) is -0.515. The summed E-state index contributed by atoms with van der Waals surface area (Å²) >= 11 is 0. The zero-order valence-electron chi connectivity index (χ0n) is 11.3. The third kappa shape index (κ3) is 4.37. The Bertz CT molecular complexity index is 391. The van der Waals surface area contributed by atoms with Gasteiger partial charge in [0, 0.05) is 13.1 Å². The van der Waals surface area contributed by atoms with Crippen LogP contribution in [-0.2, 0) is 4.79 Å². The van der Waals surface area contributed by atoms with Crippen molar-refractivity contribution in [2.75, 3.05) is 13.1 Å². The molecule has 18 heavy (non-hydrogen) atoms. The number of carbonyl (C=O) groups excluding carboxylic acids is 1. The van der Waals surface area contributed by atoms with Crippen molar-refractivity contribution in [3.63, 3.8) is 0 Å². The van der Waals surface area contributed by atoms with Crippen LogP contribution in [0, 0.1) is 0 Å². The first-order valence-electron chi connectivity index (χ1n) is 6.29. The number of benzene rings is 1. The van der Waals surface area contributed by atoms with Gasteiger partial charge in [-0.25, -0.2) is 0 Å².